The lowest BCUT2D eigenvalue weighted by Crippen LogP contribution is -2.13. The van der Waals surface area contributed by atoms with Gasteiger partial charge < -0.3 is 9.84 Å². The number of carboxylic acid groups (broad SMARTS) is 1. The second kappa shape index (κ2) is 9.10. The summed E-state index contributed by atoms with van der Waals surface area (Å²) in [7, 11) is 0. The van der Waals surface area contributed by atoms with Gasteiger partial charge in [-0.25, -0.2) is 0 Å². The Hall–Kier alpha value is -3.86. The van der Waals surface area contributed by atoms with Gasteiger partial charge in [0, 0.05) is 23.1 Å². The molecule has 0 saturated carbocycles. The molecule has 5 nitrogen and oxygen atoms in total. The molecular formula is C27H25NO4. The van der Waals surface area contributed by atoms with Crippen molar-refractivity contribution in [3.05, 3.63) is 101 Å². The van der Waals surface area contributed by atoms with Crippen molar-refractivity contribution in [2.45, 2.75) is 26.7 Å². The molecule has 0 aliphatic carbocycles. The fourth-order valence-electron chi connectivity index (χ4n) is 4.00. The van der Waals surface area contributed by atoms with Crippen LogP contribution in [0, 0.1) is 13.8 Å². The molecule has 0 saturated heterocycles. The Morgan fingerprint density at radius 2 is 1.62 bits per heavy atom. The number of hydrogen-bond acceptors (Lipinski definition) is 3. The molecule has 4 aromatic rings. The first-order chi connectivity index (χ1) is 15.4. The van der Waals surface area contributed by atoms with Gasteiger partial charge in [-0.2, -0.15) is 0 Å². The Morgan fingerprint density at radius 3 is 2.34 bits per heavy atom. The molecular weight excluding hydrogens is 402 g/mol. The van der Waals surface area contributed by atoms with Gasteiger partial charge in [-0.05, 0) is 66.9 Å². The van der Waals surface area contributed by atoms with Crippen LogP contribution in [0.15, 0.2) is 72.8 Å². The van der Waals surface area contributed by atoms with Crippen LogP contribution in [0.2, 0.25) is 0 Å². The van der Waals surface area contributed by atoms with Crippen LogP contribution in [0.5, 0.6) is 5.75 Å². The zero-order chi connectivity index (χ0) is 22.7. The predicted molar refractivity (Wildman–Crippen MR) is 125 cm³/mol. The fraction of sp³-hybridized carbons (Fsp3) is 0.185. The molecule has 3 aromatic carbocycles. The van der Waals surface area contributed by atoms with Crippen LogP contribution in [0.4, 0.5) is 0 Å². The van der Waals surface area contributed by atoms with Crippen molar-refractivity contribution in [1.29, 1.82) is 0 Å². The fourth-order valence-corrected chi connectivity index (χ4v) is 4.00. The van der Waals surface area contributed by atoms with Gasteiger partial charge in [0.25, 0.3) is 5.91 Å². The Kier molecular flexibility index (Phi) is 6.08. The number of carbonyl (C=O) groups is 2. The summed E-state index contributed by atoms with van der Waals surface area (Å²) in [5.74, 6) is -0.336. The van der Waals surface area contributed by atoms with E-state index in [4.69, 9.17) is 9.84 Å². The van der Waals surface area contributed by atoms with Crippen molar-refractivity contribution >= 4 is 22.8 Å². The summed E-state index contributed by atoms with van der Waals surface area (Å²) in [6.07, 6.45) is 0.740. The molecule has 0 aliphatic rings. The standard InChI is InChI=1S/C27H25NO4/c1-18-6-3-4-7-20(18)14-15-32-23-12-10-21(11-13-23)27(31)28-19(2)16-24-22(17-26(29)30)8-5-9-25(24)28/h3-13,16H,14-15,17H2,1-2H3,(H,29,30). The molecule has 1 aromatic heterocycles. The molecule has 1 heterocycles. The van der Waals surface area contributed by atoms with E-state index in [-0.39, 0.29) is 12.3 Å². The van der Waals surface area contributed by atoms with E-state index in [2.05, 4.69) is 19.1 Å². The second-order valence-electron chi connectivity index (χ2n) is 7.90. The summed E-state index contributed by atoms with van der Waals surface area (Å²) in [4.78, 5) is 24.4. The third kappa shape index (κ3) is 4.42. The number of benzene rings is 3. The zero-order valence-electron chi connectivity index (χ0n) is 18.2. The molecule has 0 bridgehead atoms. The monoisotopic (exact) mass is 427 g/mol. The molecule has 0 fully saturated rings. The average molecular weight is 428 g/mol. The third-order valence-corrected chi connectivity index (χ3v) is 5.67. The number of hydrogen-bond donors (Lipinski definition) is 1. The van der Waals surface area contributed by atoms with Crippen LogP contribution in [-0.4, -0.2) is 28.2 Å². The molecule has 0 atom stereocenters. The first kappa shape index (κ1) is 21.4. The lowest BCUT2D eigenvalue weighted by atomic mass is 10.1. The summed E-state index contributed by atoms with van der Waals surface area (Å²) < 4.78 is 7.50. The Bertz CT molecular complexity index is 1290. The highest BCUT2D eigenvalue weighted by Crippen LogP contribution is 2.25. The first-order valence-electron chi connectivity index (χ1n) is 10.6. The van der Waals surface area contributed by atoms with E-state index >= 15 is 0 Å². The quantitative estimate of drug-likeness (QED) is 0.440. The van der Waals surface area contributed by atoms with E-state index in [9.17, 15) is 9.59 Å². The average Bonchev–Trinajstić information content (AvgIpc) is 3.11. The minimum atomic E-state index is -0.896. The summed E-state index contributed by atoms with van der Waals surface area (Å²) >= 11 is 0. The molecule has 5 heteroatoms. The van der Waals surface area contributed by atoms with Crippen LogP contribution in [0.25, 0.3) is 10.9 Å². The molecule has 0 unspecified atom stereocenters. The predicted octanol–water partition coefficient (Wildman–Crippen LogP) is 5.20. The molecule has 0 amide bonds. The van der Waals surface area contributed by atoms with E-state index in [0.29, 0.717) is 29.0 Å². The topological polar surface area (TPSA) is 68.5 Å². The number of ether oxygens (including phenoxy) is 1. The van der Waals surface area contributed by atoms with Crippen LogP contribution >= 0.6 is 0 Å². The highest BCUT2D eigenvalue weighted by atomic mass is 16.5. The highest BCUT2D eigenvalue weighted by Gasteiger charge is 2.17. The SMILES string of the molecule is Cc1ccccc1CCOc1ccc(C(=O)n2c(C)cc3c(CC(=O)O)cccc32)cc1. The van der Waals surface area contributed by atoms with Crippen LogP contribution in [0.3, 0.4) is 0 Å². The van der Waals surface area contributed by atoms with Gasteiger partial charge >= 0.3 is 5.97 Å². The Morgan fingerprint density at radius 1 is 0.906 bits per heavy atom. The largest absolute Gasteiger partial charge is 0.493 e. The Labute approximate surface area is 186 Å². The minimum absolute atomic E-state index is 0.0798. The van der Waals surface area contributed by atoms with Gasteiger partial charge in [0.15, 0.2) is 0 Å². The lowest BCUT2D eigenvalue weighted by molar-refractivity contribution is -0.136. The summed E-state index contributed by atoms with van der Waals surface area (Å²) in [5, 5.41) is 9.96. The number of aliphatic carboxylic acids is 1. The second-order valence-corrected chi connectivity index (χ2v) is 7.90. The van der Waals surface area contributed by atoms with Gasteiger partial charge in [0.2, 0.25) is 0 Å². The number of aryl methyl sites for hydroxylation is 2. The number of nitrogens with zero attached hydrogens (tertiary/aromatic N) is 1. The maximum atomic E-state index is 13.2. The van der Waals surface area contributed by atoms with E-state index in [1.54, 1.807) is 28.8 Å². The summed E-state index contributed by atoms with van der Waals surface area (Å²) in [6, 6.07) is 22.7. The molecule has 0 aliphatic heterocycles. The van der Waals surface area contributed by atoms with Crippen LogP contribution in [0.1, 0.15) is 32.7 Å². The minimum Gasteiger partial charge on any atom is -0.493 e. The zero-order valence-corrected chi connectivity index (χ0v) is 18.2. The van der Waals surface area contributed by atoms with E-state index in [1.165, 1.54) is 11.1 Å². The van der Waals surface area contributed by atoms with Crippen molar-refractivity contribution in [2.24, 2.45) is 0 Å². The van der Waals surface area contributed by atoms with E-state index < -0.39 is 5.97 Å². The number of rotatable bonds is 7. The number of fused-ring (bicyclic) bond motifs is 1. The first-order valence-corrected chi connectivity index (χ1v) is 10.6. The number of aromatic nitrogens is 1. The summed E-state index contributed by atoms with van der Waals surface area (Å²) in [6.45, 7) is 4.50. The van der Waals surface area contributed by atoms with E-state index in [0.717, 1.165) is 17.5 Å². The number of carbonyl (C=O) groups excluding carboxylic acids is 1. The maximum absolute atomic E-state index is 13.2. The van der Waals surface area contributed by atoms with Gasteiger partial charge in [-0.1, -0.05) is 36.4 Å². The maximum Gasteiger partial charge on any atom is 0.307 e. The summed E-state index contributed by atoms with van der Waals surface area (Å²) in [5.41, 5.74) is 5.23. The smallest absolute Gasteiger partial charge is 0.307 e. The molecule has 0 radical (unpaired) electrons. The van der Waals surface area contributed by atoms with E-state index in [1.807, 2.05) is 43.3 Å². The van der Waals surface area contributed by atoms with Gasteiger partial charge in [-0.3, -0.25) is 14.2 Å². The van der Waals surface area contributed by atoms with Crippen LogP contribution in [-0.2, 0) is 17.6 Å². The van der Waals surface area contributed by atoms with Gasteiger partial charge in [-0.15, -0.1) is 0 Å². The lowest BCUT2D eigenvalue weighted by Gasteiger charge is -2.10. The van der Waals surface area contributed by atoms with Gasteiger partial charge in [0.1, 0.15) is 5.75 Å². The van der Waals surface area contributed by atoms with Crippen molar-refractivity contribution in [3.8, 4) is 5.75 Å². The van der Waals surface area contributed by atoms with Crippen molar-refractivity contribution in [3.63, 3.8) is 0 Å². The molecule has 162 valence electrons. The third-order valence-electron chi connectivity index (χ3n) is 5.67. The number of carboxylic acids is 1. The Balaban J connectivity index is 1.50. The molecule has 1 N–H and O–H groups in total. The van der Waals surface area contributed by atoms with Crippen molar-refractivity contribution < 1.29 is 19.4 Å². The molecule has 0 spiro atoms. The molecule has 32 heavy (non-hydrogen) atoms. The van der Waals surface area contributed by atoms with Crippen molar-refractivity contribution in [1.82, 2.24) is 4.57 Å². The normalized spacial score (nSPS) is 10.9. The van der Waals surface area contributed by atoms with Crippen molar-refractivity contribution in [2.75, 3.05) is 6.61 Å². The molecule has 4 rings (SSSR count). The van der Waals surface area contributed by atoms with Gasteiger partial charge in [0.05, 0.1) is 18.5 Å². The van der Waals surface area contributed by atoms with Crippen LogP contribution < -0.4 is 4.74 Å². The highest BCUT2D eigenvalue weighted by molar-refractivity contribution is 6.04.